The number of carbonyl (C=O) groups excluding carboxylic acids is 2. The number of nitrogens with zero attached hydrogens (tertiary/aromatic N) is 2. The Kier molecular flexibility index (Phi) is 6.41. The molecule has 1 aliphatic heterocycles. The Labute approximate surface area is 170 Å². The molecule has 0 radical (unpaired) electrons. The first-order valence-corrected chi connectivity index (χ1v) is 10.2. The number of imide groups is 1. The highest BCUT2D eigenvalue weighted by atomic mass is 32.2. The van der Waals surface area contributed by atoms with Crippen molar-refractivity contribution in [2.45, 2.75) is 20.8 Å². The van der Waals surface area contributed by atoms with Crippen molar-refractivity contribution in [1.29, 1.82) is 0 Å². The minimum Gasteiger partial charge on any atom is -0.372 e. The highest BCUT2D eigenvalue weighted by molar-refractivity contribution is 8.18. The average molecular weight is 396 g/mol. The standard InChI is InChI=1S/C22H25N3O2S/c1-4-24(5-2)19-12-8-17(9-13-19)14-20-21(26)25(22(27)28-20)15-23-18-10-6-16(3)7-11-18/h6-14,23H,4-5,15H2,1-3H3. The summed E-state index contributed by atoms with van der Waals surface area (Å²) in [7, 11) is 0. The highest BCUT2D eigenvalue weighted by Gasteiger charge is 2.34. The summed E-state index contributed by atoms with van der Waals surface area (Å²) in [6, 6.07) is 15.9. The lowest BCUT2D eigenvalue weighted by Gasteiger charge is -2.20. The van der Waals surface area contributed by atoms with Crippen LogP contribution in [0.2, 0.25) is 0 Å². The molecule has 1 N–H and O–H groups in total. The topological polar surface area (TPSA) is 52.7 Å². The second-order valence-corrected chi connectivity index (χ2v) is 7.57. The maximum Gasteiger partial charge on any atom is 0.295 e. The Hall–Kier alpha value is -2.73. The molecule has 0 aliphatic carbocycles. The molecule has 1 aliphatic rings. The number of hydrogen-bond donors (Lipinski definition) is 1. The third-order valence-corrected chi connectivity index (χ3v) is 5.59. The van der Waals surface area contributed by atoms with E-state index in [-0.39, 0.29) is 17.8 Å². The van der Waals surface area contributed by atoms with Gasteiger partial charge in [-0.3, -0.25) is 14.5 Å². The molecule has 0 saturated carbocycles. The van der Waals surface area contributed by atoms with Crippen LogP contribution in [0.3, 0.4) is 0 Å². The van der Waals surface area contributed by atoms with Gasteiger partial charge in [0.15, 0.2) is 0 Å². The summed E-state index contributed by atoms with van der Waals surface area (Å²) in [4.78, 5) is 28.8. The van der Waals surface area contributed by atoms with Crippen molar-refractivity contribution in [2.75, 3.05) is 30.0 Å². The van der Waals surface area contributed by atoms with Gasteiger partial charge >= 0.3 is 0 Å². The summed E-state index contributed by atoms with van der Waals surface area (Å²) >= 11 is 0.982. The zero-order valence-electron chi connectivity index (χ0n) is 16.4. The number of nitrogens with one attached hydrogen (secondary N) is 1. The lowest BCUT2D eigenvalue weighted by Crippen LogP contribution is -2.33. The quantitative estimate of drug-likeness (QED) is 0.673. The number of carbonyl (C=O) groups is 2. The van der Waals surface area contributed by atoms with Gasteiger partial charge in [-0.25, -0.2) is 0 Å². The Morgan fingerprint density at radius 1 is 1.00 bits per heavy atom. The SMILES string of the molecule is CCN(CC)c1ccc(C=C2SC(=O)N(CNc3ccc(C)cc3)C2=O)cc1. The van der Waals surface area contributed by atoms with Crippen LogP contribution in [0.5, 0.6) is 0 Å². The molecular weight excluding hydrogens is 370 g/mol. The molecule has 0 atom stereocenters. The van der Waals surface area contributed by atoms with E-state index in [1.165, 1.54) is 4.90 Å². The monoisotopic (exact) mass is 395 g/mol. The van der Waals surface area contributed by atoms with Crippen LogP contribution in [0.1, 0.15) is 25.0 Å². The van der Waals surface area contributed by atoms with E-state index in [0.29, 0.717) is 4.91 Å². The maximum atomic E-state index is 12.6. The van der Waals surface area contributed by atoms with Gasteiger partial charge in [0.1, 0.15) is 0 Å². The van der Waals surface area contributed by atoms with Gasteiger partial charge in [0.05, 0.1) is 11.6 Å². The van der Waals surface area contributed by atoms with Crippen molar-refractivity contribution in [3.8, 4) is 0 Å². The number of aryl methyl sites for hydroxylation is 1. The van der Waals surface area contributed by atoms with Gasteiger partial charge in [0, 0.05) is 24.5 Å². The van der Waals surface area contributed by atoms with Crippen LogP contribution in [0.25, 0.3) is 6.08 Å². The number of thioether (sulfide) groups is 1. The molecule has 2 aromatic carbocycles. The van der Waals surface area contributed by atoms with E-state index >= 15 is 0 Å². The molecule has 2 amide bonds. The van der Waals surface area contributed by atoms with E-state index in [1.54, 1.807) is 6.08 Å². The van der Waals surface area contributed by atoms with Crippen molar-refractivity contribution < 1.29 is 9.59 Å². The van der Waals surface area contributed by atoms with Crippen molar-refractivity contribution in [2.24, 2.45) is 0 Å². The molecule has 6 heteroatoms. The summed E-state index contributed by atoms with van der Waals surface area (Å²) in [6.45, 7) is 8.31. The van der Waals surface area contributed by atoms with E-state index in [4.69, 9.17) is 0 Å². The maximum absolute atomic E-state index is 12.6. The third kappa shape index (κ3) is 4.57. The van der Waals surface area contributed by atoms with Crippen LogP contribution in [0.4, 0.5) is 16.2 Å². The molecular formula is C22H25N3O2S. The van der Waals surface area contributed by atoms with Crippen LogP contribution >= 0.6 is 11.8 Å². The first kappa shape index (κ1) is 20.0. The smallest absolute Gasteiger partial charge is 0.295 e. The van der Waals surface area contributed by atoms with Crippen LogP contribution in [0, 0.1) is 6.92 Å². The molecule has 5 nitrogen and oxygen atoms in total. The lowest BCUT2D eigenvalue weighted by molar-refractivity contribution is -0.122. The second kappa shape index (κ2) is 8.97. The summed E-state index contributed by atoms with van der Waals surface area (Å²) < 4.78 is 0. The zero-order chi connectivity index (χ0) is 20.1. The Morgan fingerprint density at radius 2 is 1.64 bits per heavy atom. The molecule has 1 heterocycles. The van der Waals surface area contributed by atoms with E-state index in [0.717, 1.165) is 47.4 Å². The normalized spacial score (nSPS) is 15.4. The van der Waals surface area contributed by atoms with Gasteiger partial charge in [-0.05, 0) is 68.4 Å². The fourth-order valence-electron chi connectivity index (χ4n) is 3.00. The number of anilines is 2. The van der Waals surface area contributed by atoms with Crippen LogP contribution in [-0.2, 0) is 4.79 Å². The van der Waals surface area contributed by atoms with E-state index in [1.807, 2.05) is 55.5 Å². The summed E-state index contributed by atoms with van der Waals surface area (Å²) in [5, 5.41) is 2.88. The summed E-state index contributed by atoms with van der Waals surface area (Å²) in [5.74, 6) is -0.262. The molecule has 146 valence electrons. The van der Waals surface area contributed by atoms with E-state index in [2.05, 4.69) is 24.1 Å². The number of hydrogen-bond acceptors (Lipinski definition) is 5. The minimum atomic E-state index is -0.262. The van der Waals surface area contributed by atoms with Gasteiger partial charge < -0.3 is 10.2 Å². The molecule has 0 aromatic heterocycles. The van der Waals surface area contributed by atoms with Crippen molar-refractivity contribution in [1.82, 2.24) is 4.90 Å². The second-order valence-electron chi connectivity index (χ2n) is 6.57. The minimum absolute atomic E-state index is 0.159. The van der Waals surface area contributed by atoms with Crippen molar-refractivity contribution >= 4 is 40.4 Å². The van der Waals surface area contributed by atoms with E-state index in [9.17, 15) is 9.59 Å². The molecule has 0 bridgehead atoms. The highest BCUT2D eigenvalue weighted by Crippen LogP contribution is 2.32. The molecule has 1 saturated heterocycles. The first-order chi connectivity index (χ1) is 13.5. The molecule has 2 aromatic rings. The van der Waals surface area contributed by atoms with Crippen LogP contribution in [0.15, 0.2) is 53.4 Å². The fraction of sp³-hybridized carbons (Fsp3) is 0.273. The molecule has 0 spiro atoms. The fourth-order valence-corrected chi connectivity index (χ4v) is 3.84. The van der Waals surface area contributed by atoms with Gasteiger partial charge in [0.2, 0.25) is 0 Å². The van der Waals surface area contributed by atoms with Crippen molar-refractivity contribution in [3.63, 3.8) is 0 Å². The number of rotatable bonds is 7. The van der Waals surface area contributed by atoms with Gasteiger partial charge in [0.25, 0.3) is 11.1 Å². The van der Waals surface area contributed by atoms with Gasteiger partial charge in [-0.15, -0.1) is 0 Å². The largest absolute Gasteiger partial charge is 0.372 e. The van der Waals surface area contributed by atoms with Crippen LogP contribution < -0.4 is 10.2 Å². The molecule has 28 heavy (non-hydrogen) atoms. The third-order valence-electron chi connectivity index (χ3n) is 4.69. The van der Waals surface area contributed by atoms with Crippen molar-refractivity contribution in [3.05, 3.63) is 64.6 Å². The zero-order valence-corrected chi connectivity index (χ0v) is 17.3. The molecule has 1 fully saturated rings. The predicted octanol–water partition coefficient (Wildman–Crippen LogP) is 4.95. The number of benzene rings is 2. The first-order valence-electron chi connectivity index (χ1n) is 9.42. The summed E-state index contributed by atoms with van der Waals surface area (Å²) in [6.07, 6.45) is 1.78. The summed E-state index contributed by atoms with van der Waals surface area (Å²) in [5.41, 5.74) is 4.10. The Bertz CT molecular complexity index is 872. The average Bonchev–Trinajstić information content (AvgIpc) is 2.96. The van der Waals surface area contributed by atoms with Crippen LogP contribution in [-0.4, -0.2) is 35.8 Å². The number of amides is 2. The van der Waals surface area contributed by atoms with E-state index < -0.39 is 0 Å². The predicted molar refractivity (Wildman–Crippen MR) is 117 cm³/mol. The lowest BCUT2D eigenvalue weighted by atomic mass is 10.1. The Balaban J connectivity index is 1.67. The van der Waals surface area contributed by atoms with Gasteiger partial charge in [-0.1, -0.05) is 29.8 Å². The Morgan fingerprint density at radius 3 is 2.25 bits per heavy atom. The van der Waals surface area contributed by atoms with Gasteiger partial charge in [-0.2, -0.15) is 0 Å². The molecule has 0 unspecified atom stereocenters. The molecule has 3 rings (SSSR count).